The molecule has 0 aromatic carbocycles. The first-order valence-corrected chi connectivity index (χ1v) is 8.97. The Hall–Kier alpha value is -1.76. The lowest BCUT2D eigenvalue weighted by atomic mass is 9.73. The maximum Gasteiger partial charge on any atom is 0.271 e. The highest BCUT2D eigenvalue weighted by Gasteiger charge is 2.44. The predicted molar refractivity (Wildman–Crippen MR) is 90.1 cm³/mol. The molecule has 0 radical (unpaired) electrons. The molecule has 126 valence electrons. The van der Waals surface area contributed by atoms with E-state index in [1.807, 2.05) is 0 Å². The van der Waals surface area contributed by atoms with Crippen LogP contribution in [0.2, 0.25) is 0 Å². The maximum absolute atomic E-state index is 14.2. The zero-order chi connectivity index (χ0) is 16.9. The third-order valence-electron chi connectivity index (χ3n) is 4.96. The zero-order valence-corrected chi connectivity index (χ0v) is 14.9. The van der Waals surface area contributed by atoms with Gasteiger partial charge in [0.25, 0.3) is 5.91 Å². The smallest absolute Gasteiger partial charge is 0.271 e. The molecule has 2 heterocycles. The number of nitrogens with zero attached hydrogens (tertiary/aromatic N) is 3. The topological polar surface area (TPSA) is 59.8 Å². The number of carbonyl (C=O) groups is 1. The molecule has 0 bridgehead atoms. The average molecular weight is 393 g/mol. The molecule has 2 saturated carbocycles. The molecule has 0 unspecified atom stereocenters. The quantitative estimate of drug-likeness (QED) is 0.866. The molecular formula is C17H18BrFN4O. The lowest BCUT2D eigenvalue weighted by Crippen LogP contribution is -2.52. The Morgan fingerprint density at radius 1 is 1.46 bits per heavy atom. The summed E-state index contributed by atoms with van der Waals surface area (Å²) in [5.74, 6) is -0.174. The summed E-state index contributed by atoms with van der Waals surface area (Å²) in [4.78, 5) is 17.1. The molecule has 0 aliphatic heterocycles. The van der Waals surface area contributed by atoms with Gasteiger partial charge in [-0.3, -0.25) is 14.5 Å². The van der Waals surface area contributed by atoms with Crippen LogP contribution < -0.4 is 5.32 Å². The standard InChI is InChI=1S/C17H18BrFN4O/c1-23-14(12(18)13(22-23)10-5-6-10)16(24)21-17(7-3-8-17)15-11(19)4-2-9-20-15/h2,4,9-10H,3,5-8H2,1H3,(H,21,24). The molecular weight excluding hydrogens is 375 g/mol. The van der Waals surface area contributed by atoms with Crippen LogP contribution >= 0.6 is 15.9 Å². The van der Waals surface area contributed by atoms with Crippen LogP contribution in [0.15, 0.2) is 22.8 Å². The summed E-state index contributed by atoms with van der Waals surface area (Å²) in [6, 6.07) is 2.95. The minimum Gasteiger partial charge on any atom is -0.339 e. The predicted octanol–water partition coefficient (Wildman–Crippen LogP) is 3.40. The van der Waals surface area contributed by atoms with E-state index in [0.29, 0.717) is 30.1 Å². The minimum absolute atomic E-state index is 0.242. The van der Waals surface area contributed by atoms with Gasteiger partial charge in [0.15, 0.2) is 0 Å². The largest absolute Gasteiger partial charge is 0.339 e. The van der Waals surface area contributed by atoms with Gasteiger partial charge in [-0.15, -0.1) is 0 Å². The van der Waals surface area contributed by atoms with E-state index < -0.39 is 5.54 Å². The zero-order valence-electron chi connectivity index (χ0n) is 13.4. The van der Waals surface area contributed by atoms with Crippen LogP contribution in [0.5, 0.6) is 0 Å². The van der Waals surface area contributed by atoms with Gasteiger partial charge in [0, 0.05) is 19.2 Å². The molecule has 2 aliphatic rings. The number of carbonyl (C=O) groups excluding carboxylic acids is 1. The van der Waals surface area contributed by atoms with E-state index in [-0.39, 0.29) is 11.7 Å². The Morgan fingerprint density at radius 2 is 2.21 bits per heavy atom. The molecule has 4 rings (SSSR count). The first-order valence-electron chi connectivity index (χ1n) is 8.18. The van der Waals surface area contributed by atoms with Gasteiger partial charge in [-0.2, -0.15) is 5.10 Å². The van der Waals surface area contributed by atoms with Crippen molar-refractivity contribution in [3.05, 3.63) is 45.7 Å². The van der Waals surface area contributed by atoms with E-state index in [1.165, 1.54) is 6.07 Å². The van der Waals surface area contributed by atoms with Gasteiger partial charge in [-0.25, -0.2) is 4.39 Å². The first-order chi connectivity index (χ1) is 11.5. The van der Waals surface area contributed by atoms with E-state index in [9.17, 15) is 9.18 Å². The average Bonchev–Trinajstić information content (AvgIpc) is 3.30. The molecule has 5 nitrogen and oxygen atoms in total. The fraction of sp³-hybridized carbons (Fsp3) is 0.471. The van der Waals surface area contributed by atoms with E-state index in [4.69, 9.17) is 0 Å². The van der Waals surface area contributed by atoms with E-state index >= 15 is 0 Å². The van der Waals surface area contributed by atoms with Crippen molar-refractivity contribution in [2.45, 2.75) is 43.6 Å². The van der Waals surface area contributed by atoms with Crippen molar-refractivity contribution < 1.29 is 9.18 Å². The van der Waals surface area contributed by atoms with Crippen molar-refractivity contribution in [3.8, 4) is 0 Å². The summed E-state index contributed by atoms with van der Waals surface area (Å²) < 4.78 is 16.6. The third-order valence-corrected chi connectivity index (χ3v) is 5.75. The first kappa shape index (κ1) is 15.7. The molecule has 1 N–H and O–H groups in total. The highest BCUT2D eigenvalue weighted by atomic mass is 79.9. The van der Waals surface area contributed by atoms with Crippen LogP contribution in [0, 0.1) is 5.82 Å². The second-order valence-corrected chi connectivity index (χ2v) is 7.46. The van der Waals surface area contributed by atoms with Crippen molar-refractivity contribution in [2.75, 3.05) is 0 Å². The summed E-state index contributed by atoms with van der Waals surface area (Å²) >= 11 is 3.53. The maximum atomic E-state index is 14.2. The van der Waals surface area contributed by atoms with E-state index in [0.717, 1.165) is 29.4 Å². The van der Waals surface area contributed by atoms with Crippen molar-refractivity contribution in [1.29, 1.82) is 0 Å². The second-order valence-electron chi connectivity index (χ2n) is 6.67. The number of nitrogens with one attached hydrogen (secondary N) is 1. The van der Waals surface area contributed by atoms with Crippen LogP contribution in [0.25, 0.3) is 0 Å². The number of rotatable bonds is 4. The summed E-state index contributed by atoms with van der Waals surface area (Å²) in [6.45, 7) is 0. The summed E-state index contributed by atoms with van der Waals surface area (Å²) in [7, 11) is 1.76. The lowest BCUT2D eigenvalue weighted by Gasteiger charge is -2.42. The summed E-state index contributed by atoms with van der Waals surface area (Å²) in [5.41, 5.74) is 1.03. The molecule has 0 spiro atoms. The Morgan fingerprint density at radius 3 is 2.79 bits per heavy atom. The van der Waals surface area contributed by atoms with Crippen LogP contribution in [0.4, 0.5) is 4.39 Å². The number of halogens is 2. The Balaban J connectivity index is 1.65. The van der Waals surface area contributed by atoms with Gasteiger partial charge in [0.1, 0.15) is 17.2 Å². The van der Waals surface area contributed by atoms with Gasteiger partial charge < -0.3 is 5.32 Å². The number of aryl methyl sites for hydroxylation is 1. The monoisotopic (exact) mass is 392 g/mol. The molecule has 7 heteroatoms. The van der Waals surface area contributed by atoms with Gasteiger partial charge in [0.05, 0.1) is 15.7 Å². The fourth-order valence-electron chi connectivity index (χ4n) is 3.35. The van der Waals surface area contributed by atoms with Crippen molar-refractivity contribution >= 4 is 21.8 Å². The molecule has 2 aliphatic carbocycles. The normalized spacial score (nSPS) is 19.0. The van der Waals surface area contributed by atoms with Gasteiger partial charge in [-0.1, -0.05) is 0 Å². The Labute approximate surface area is 147 Å². The van der Waals surface area contributed by atoms with Crippen LogP contribution in [-0.2, 0) is 12.6 Å². The molecule has 0 atom stereocenters. The van der Waals surface area contributed by atoms with E-state index in [2.05, 4.69) is 31.3 Å². The summed E-state index contributed by atoms with van der Waals surface area (Å²) in [6.07, 6.45) is 6.11. The van der Waals surface area contributed by atoms with Crippen LogP contribution in [0.3, 0.4) is 0 Å². The molecule has 2 fully saturated rings. The van der Waals surface area contributed by atoms with Gasteiger partial charge in [-0.05, 0) is 60.2 Å². The molecule has 1 amide bonds. The molecule has 2 aromatic rings. The highest BCUT2D eigenvalue weighted by molar-refractivity contribution is 9.10. The van der Waals surface area contributed by atoms with Gasteiger partial charge in [0.2, 0.25) is 0 Å². The molecule has 0 saturated heterocycles. The lowest BCUT2D eigenvalue weighted by molar-refractivity contribution is 0.0800. The highest BCUT2D eigenvalue weighted by Crippen LogP contribution is 2.44. The summed E-state index contributed by atoms with van der Waals surface area (Å²) in [5, 5.41) is 7.50. The number of hydrogen-bond acceptors (Lipinski definition) is 3. The third kappa shape index (κ3) is 2.46. The number of aromatic nitrogens is 3. The van der Waals surface area contributed by atoms with Gasteiger partial charge >= 0.3 is 0 Å². The molecule has 24 heavy (non-hydrogen) atoms. The minimum atomic E-state index is -0.716. The Bertz CT molecular complexity index is 811. The number of pyridine rings is 1. The van der Waals surface area contributed by atoms with E-state index in [1.54, 1.807) is 24.0 Å². The van der Waals surface area contributed by atoms with Crippen LogP contribution in [0.1, 0.15) is 59.9 Å². The van der Waals surface area contributed by atoms with Crippen molar-refractivity contribution in [2.24, 2.45) is 7.05 Å². The number of hydrogen-bond donors (Lipinski definition) is 1. The SMILES string of the molecule is Cn1nc(C2CC2)c(Br)c1C(=O)NC1(c2ncccc2F)CCC1. The van der Waals surface area contributed by atoms with Crippen molar-refractivity contribution in [1.82, 2.24) is 20.1 Å². The number of amides is 1. The van der Waals surface area contributed by atoms with Crippen LogP contribution in [-0.4, -0.2) is 20.7 Å². The van der Waals surface area contributed by atoms with Crippen molar-refractivity contribution in [3.63, 3.8) is 0 Å². The molecule has 2 aromatic heterocycles. The Kier molecular flexibility index (Phi) is 3.71. The second kappa shape index (κ2) is 5.65. The fourth-order valence-corrected chi connectivity index (χ4v) is 4.19.